The van der Waals surface area contributed by atoms with Crippen LogP contribution in [0.3, 0.4) is 0 Å². The third-order valence-electron chi connectivity index (χ3n) is 3.13. The van der Waals surface area contributed by atoms with Gasteiger partial charge in [0.05, 0.1) is 18.8 Å². The zero-order chi connectivity index (χ0) is 13.1. The van der Waals surface area contributed by atoms with E-state index in [1.165, 1.54) is 11.1 Å². The monoisotopic (exact) mass is 249 g/mol. The number of morpholine rings is 1. The van der Waals surface area contributed by atoms with Gasteiger partial charge in [0.1, 0.15) is 5.75 Å². The highest BCUT2D eigenvalue weighted by Gasteiger charge is 2.20. The van der Waals surface area contributed by atoms with Gasteiger partial charge in [-0.3, -0.25) is 0 Å². The molecule has 18 heavy (non-hydrogen) atoms. The number of rotatable bonds is 3. The molecule has 1 N–H and O–H groups in total. The summed E-state index contributed by atoms with van der Waals surface area (Å²) < 4.78 is 11.6. The van der Waals surface area contributed by atoms with Crippen LogP contribution >= 0.6 is 0 Å². The lowest BCUT2D eigenvalue weighted by atomic mass is 10.0. The average Bonchev–Trinajstić information content (AvgIpc) is 2.32. The first kappa shape index (κ1) is 13.4. The molecular formula is C15H23NO2. The van der Waals surface area contributed by atoms with Gasteiger partial charge >= 0.3 is 0 Å². The minimum Gasteiger partial charge on any atom is -0.491 e. The molecule has 0 amide bonds. The molecule has 1 heterocycles. The van der Waals surface area contributed by atoms with Crippen LogP contribution in [0.2, 0.25) is 0 Å². The maximum atomic E-state index is 5.85. The third-order valence-corrected chi connectivity index (χ3v) is 3.13. The normalized spacial score (nSPS) is 24.3. The fourth-order valence-corrected chi connectivity index (χ4v) is 2.16. The molecule has 0 aliphatic carbocycles. The van der Waals surface area contributed by atoms with Gasteiger partial charge in [0.15, 0.2) is 0 Å². The Labute approximate surface area is 109 Å². The first-order chi connectivity index (χ1) is 8.56. The first-order valence-corrected chi connectivity index (χ1v) is 6.68. The molecular weight excluding hydrogens is 226 g/mol. The van der Waals surface area contributed by atoms with Gasteiger partial charge in [-0.1, -0.05) is 6.07 Å². The quantitative estimate of drug-likeness (QED) is 0.893. The molecule has 1 aromatic rings. The summed E-state index contributed by atoms with van der Waals surface area (Å²) in [4.78, 5) is 0. The van der Waals surface area contributed by atoms with Gasteiger partial charge < -0.3 is 14.8 Å². The molecule has 0 saturated carbocycles. The smallest absolute Gasteiger partial charge is 0.122 e. The highest BCUT2D eigenvalue weighted by Crippen LogP contribution is 2.26. The van der Waals surface area contributed by atoms with Crippen LogP contribution in [0.1, 0.15) is 38.0 Å². The van der Waals surface area contributed by atoms with Crippen LogP contribution in [0.15, 0.2) is 18.2 Å². The Morgan fingerprint density at radius 3 is 2.72 bits per heavy atom. The molecule has 1 saturated heterocycles. The molecule has 3 nitrogen and oxygen atoms in total. The third kappa shape index (κ3) is 3.24. The van der Waals surface area contributed by atoms with Crippen molar-refractivity contribution < 1.29 is 9.47 Å². The van der Waals surface area contributed by atoms with Crippen molar-refractivity contribution in [3.63, 3.8) is 0 Å². The lowest BCUT2D eigenvalue weighted by Gasteiger charge is -2.29. The summed E-state index contributed by atoms with van der Waals surface area (Å²) in [5, 5.41) is 3.44. The van der Waals surface area contributed by atoms with E-state index in [0.29, 0.717) is 6.04 Å². The van der Waals surface area contributed by atoms with Crippen LogP contribution in [0, 0.1) is 6.92 Å². The topological polar surface area (TPSA) is 30.5 Å². The van der Waals surface area contributed by atoms with Crippen LogP contribution in [0.25, 0.3) is 0 Å². The second-order valence-electron chi connectivity index (χ2n) is 5.32. The Bertz CT molecular complexity index is 395. The summed E-state index contributed by atoms with van der Waals surface area (Å²) in [6, 6.07) is 6.77. The summed E-state index contributed by atoms with van der Waals surface area (Å²) in [6.45, 7) is 9.96. The highest BCUT2D eigenvalue weighted by molar-refractivity contribution is 5.37. The second-order valence-corrected chi connectivity index (χ2v) is 5.32. The van der Waals surface area contributed by atoms with E-state index in [1.807, 2.05) is 19.9 Å². The summed E-state index contributed by atoms with van der Waals surface area (Å²) in [5.41, 5.74) is 2.39. The fraction of sp³-hybridized carbons (Fsp3) is 0.600. The van der Waals surface area contributed by atoms with Crippen molar-refractivity contribution in [1.29, 1.82) is 0 Å². The van der Waals surface area contributed by atoms with Crippen molar-refractivity contribution in [3.05, 3.63) is 29.3 Å². The standard InChI is InChI=1S/C15H23NO2/c1-10(2)18-14-6-5-13(7-11(14)3)15-8-16-12(4)9-17-15/h5-7,10,12,15-16H,8-9H2,1-4H3. The molecule has 0 bridgehead atoms. The molecule has 0 aromatic heterocycles. The highest BCUT2D eigenvalue weighted by atomic mass is 16.5. The number of aryl methyl sites for hydroxylation is 1. The van der Waals surface area contributed by atoms with E-state index in [1.54, 1.807) is 0 Å². The Morgan fingerprint density at radius 1 is 1.39 bits per heavy atom. The zero-order valence-electron chi connectivity index (χ0n) is 11.7. The van der Waals surface area contributed by atoms with Crippen LogP contribution in [-0.4, -0.2) is 25.3 Å². The van der Waals surface area contributed by atoms with Crippen molar-refractivity contribution in [2.45, 2.75) is 45.9 Å². The van der Waals surface area contributed by atoms with Crippen molar-refractivity contribution >= 4 is 0 Å². The summed E-state index contributed by atoms with van der Waals surface area (Å²) in [6.07, 6.45) is 0.371. The SMILES string of the molecule is Cc1cc(C2CNC(C)CO2)ccc1OC(C)C. The number of hydrogen-bond acceptors (Lipinski definition) is 3. The average molecular weight is 249 g/mol. The van der Waals surface area contributed by atoms with Crippen LogP contribution in [0.5, 0.6) is 5.75 Å². The van der Waals surface area contributed by atoms with Gasteiger partial charge in [0, 0.05) is 12.6 Å². The predicted molar refractivity (Wildman–Crippen MR) is 73.1 cm³/mol. The number of ether oxygens (including phenoxy) is 2. The van der Waals surface area contributed by atoms with Gasteiger partial charge in [0.2, 0.25) is 0 Å². The number of hydrogen-bond donors (Lipinski definition) is 1. The molecule has 0 radical (unpaired) electrons. The predicted octanol–water partition coefficient (Wildman–Crippen LogP) is 2.83. The van der Waals surface area contributed by atoms with E-state index < -0.39 is 0 Å². The lowest BCUT2D eigenvalue weighted by molar-refractivity contribution is 0.00689. The maximum absolute atomic E-state index is 5.85. The van der Waals surface area contributed by atoms with Crippen molar-refractivity contribution in [2.75, 3.05) is 13.2 Å². The van der Waals surface area contributed by atoms with E-state index in [-0.39, 0.29) is 12.2 Å². The molecule has 1 aromatic carbocycles. The molecule has 1 aliphatic rings. The fourth-order valence-electron chi connectivity index (χ4n) is 2.16. The molecule has 0 spiro atoms. The molecule has 3 heteroatoms. The van der Waals surface area contributed by atoms with E-state index in [9.17, 15) is 0 Å². The zero-order valence-corrected chi connectivity index (χ0v) is 11.7. The van der Waals surface area contributed by atoms with Gasteiger partial charge in [-0.15, -0.1) is 0 Å². The Morgan fingerprint density at radius 2 is 2.17 bits per heavy atom. The molecule has 2 unspecified atom stereocenters. The minimum absolute atomic E-state index is 0.160. The maximum Gasteiger partial charge on any atom is 0.122 e. The summed E-state index contributed by atoms with van der Waals surface area (Å²) in [7, 11) is 0. The summed E-state index contributed by atoms with van der Waals surface area (Å²) >= 11 is 0. The van der Waals surface area contributed by atoms with Gasteiger partial charge in [-0.25, -0.2) is 0 Å². The number of benzene rings is 1. The Hall–Kier alpha value is -1.06. The van der Waals surface area contributed by atoms with E-state index in [0.717, 1.165) is 18.9 Å². The van der Waals surface area contributed by atoms with E-state index >= 15 is 0 Å². The summed E-state index contributed by atoms with van der Waals surface area (Å²) in [5.74, 6) is 0.964. The van der Waals surface area contributed by atoms with E-state index in [4.69, 9.17) is 9.47 Å². The van der Waals surface area contributed by atoms with Gasteiger partial charge in [0.25, 0.3) is 0 Å². The van der Waals surface area contributed by atoms with Crippen LogP contribution in [-0.2, 0) is 4.74 Å². The van der Waals surface area contributed by atoms with Gasteiger partial charge in [-0.2, -0.15) is 0 Å². The van der Waals surface area contributed by atoms with Crippen molar-refractivity contribution in [1.82, 2.24) is 5.32 Å². The molecule has 2 atom stereocenters. The first-order valence-electron chi connectivity index (χ1n) is 6.68. The largest absolute Gasteiger partial charge is 0.491 e. The lowest BCUT2D eigenvalue weighted by Crippen LogP contribution is -2.40. The second kappa shape index (κ2) is 5.72. The van der Waals surface area contributed by atoms with Crippen LogP contribution in [0.4, 0.5) is 0 Å². The molecule has 1 aliphatic heterocycles. The van der Waals surface area contributed by atoms with Gasteiger partial charge in [-0.05, 0) is 51.0 Å². The number of nitrogens with one attached hydrogen (secondary N) is 1. The molecule has 100 valence electrons. The minimum atomic E-state index is 0.160. The van der Waals surface area contributed by atoms with Crippen molar-refractivity contribution in [2.24, 2.45) is 0 Å². The van der Waals surface area contributed by atoms with Crippen molar-refractivity contribution in [3.8, 4) is 5.75 Å². The molecule has 1 fully saturated rings. The Kier molecular flexibility index (Phi) is 4.25. The van der Waals surface area contributed by atoms with Crippen LogP contribution < -0.4 is 10.1 Å². The molecule has 2 rings (SSSR count). The van der Waals surface area contributed by atoms with E-state index in [2.05, 4.69) is 31.3 Å². The Balaban J connectivity index is 2.08.